The van der Waals surface area contributed by atoms with Gasteiger partial charge in [-0.15, -0.1) is 0 Å². The maximum Gasteiger partial charge on any atom is 0.335 e. The van der Waals surface area contributed by atoms with Gasteiger partial charge >= 0.3 is 5.97 Å². The SMILES string of the molecule is C[C@@H]1O[C@@H](O[C@H]2[C@H](O[C@H]3[C@H](O[C@@H]4C[C@](C)(CO)[C@H]5CC[C@]6(C)[C@H](CC=C7[C@H]8CC(C)(C)C[C@@H](O[C@@H]9OC[C@H](O)[C@H](O)[C@H]9O[C@@H]9O[C@H](CO)[C@@H](O)[C@H](O)[C@H]9O)[C@]8(C)CC[C@]76C)[C@]5(C)C4)O[C@H](C(=O)O)[C@@H](O)[C@@H]3O)O[C@H](CO)[C@H](O)[C@@H]2O)[C@H](O)[C@H](O)[C@H]1O. The van der Waals surface area contributed by atoms with Crippen molar-refractivity contribution in [2.75, 3.05) is 26.4 Å². The summed E-state index contributed by atoms with van der Waals surface area (Å²) in [6.07, 6.45) is -34.2. The molecule has 9 fully saturated rings. The number of hydrogen-bond donors (Lipinski definition) is 16. The monoisotopic (exact) mass is 1240 g/mol. The summed E-state index contributed by atoms with van der Waals surface area (Å²) in [4.78, 5) is 12.7. The van der Waals surface area contributed by atoms with Crippen molar-refractivity contribution in [2.45, 2.75) is 273 Å². The third-order valence-corrected chi connectivity index (χ3v) is 23.1. The third-order valence-electron chi connectivity index (χ3n) is 23.1. The molecule has 5 heterocycles. The first-order valence-corrected chi connectivity index (χ1v) is 30.7. The van der Waals surface area contributed by atoms with E-state index in [1.165, 1.54) is 12.5 Å². The largest absolute Gasteiger partial charge is 0.479 e. The molecule has 0 unspecified atom stereocenters. The highest BCUT2D eigenvalue weighted by atomic mass is 16.8. The number of ether oxygens (including phenoxy) is 10. The molecule has 5 aliphatic heterocycles. The lowest BCUT2D eigenvalue weighted by Gasteiger charge is -2.72. The fraction of sp³-hybridized carbons (Fsp3) is 0.949. The maximum absolute atomic E-state index is 12.7. The average molecular weight is 1240 g/mol. The summed E-state index contributed by atoms with van der Waals surface area (Å²) in [6.45, 7) is 14.8. The summed E-state index contributed by atoms with van der Waals surface area (Å²) in [5, 5.41) is 174. The molecule has 0 radical (unpaired) electrons. The number of aliphatic hydroxyl groups excluding tert-OH is 15. The van der Waals surface area contributed by atoms with Crippen LogP contribution in [0.25, 0.3) is 0 Å². The van der Waals surface area contributed by atoms with Gasteiger partial charge in [0.25, 0.3) is 0 Å². The molecule has 4 saturated carbocycles. The van der Waals surface area contributed by atoms with Crippen LogP contribution < -0.4 is 0 Å². The first kappa shape index (κ1) is 67.1. The van der Waals surface area contributed by atoms with Gasteiger partial charge in [0.05, 0.1) is 38.1 Å². The highest BCUT2D eigenvalue weighted by molar-refractivity contribution is 5.73. The van der Waals surface area contributed by atoms with Crippen molar-refractivity contribution in [3.8, 4) is 0 Å². The van der Waals surface area contributed by atoms with E-state index < -0.39 is 195 Å². The van der Waals surface area contributed by atoms with Crippen LogP contribution >= 0.6 is 0 Å². The van der Waals surface area contributed by atoms with Crippen molar-refractivity contribution in [1.82, 2.24) is 0 Å². The number of carboxylic acids is 1. The average Bonchev–Trinajstić information content (AvgIpc) is 0.687. The summed E-state index contributed by atoms with van der Waals surface area (Å²) in [7, 11) is 0. The number of rotatable bonds is 14. The van der Waals surface area contributed by atoms with E-state index in [1.807, 2.05) is 6.92 Å². The Morgan fingerprint density at radius 2 is 1.10 bits per heavy atom. The number of allylic oxidation sites excluding steroid dienone is 2. The minimum Gasteiger partial charge on any atom is -0.479 e. The molecule has 0 amide bonds. The lowest BCUT2D eigenvalue weighted by Crippen LogP contribution is -2.68. The van der Waals surface area contributed by atoms with E-state index in [9.17, 15) is 86.5 Å². The van der Waals surface area contributed by atoms with Crippen LogP contribution in [0.2, 0.25) is 0 Å². The number of fused-ring (bicyclic) bond motifs is 7. The quantitative estimate of drug-likeness (QED) is 0.0608. The topological polar surface area (TPSA) is 433 Å². The Hall–Kier alpha value is -1.79. The Kier molecular flexibility index (Phi) is 19.2. The van der Waals surface area contributed by atoms with Crippen molar-refractivity contribution in [2.24, 2.45) is 50.2 Å². The van der Waals surface area contributed by atoms with Crippen LogP contribution in [-0.2, 0) is 52.2 Å². The zero-order valence-corrected chi connectivity index (χ0v) is 50.2. The number of hydrogen-bond acceptors (Lipinski definition) is 26. The van der Waals surface area contributed by atoms with Crippen molar-refractivity contribution in [1.29, 1.82) is 0 Å². The number of aliphatic carboxylic acids is 1. The van der Waals surface area contributed by atoms with Crippen LogP contribution in [0.5, 0.6) is 0 Å². The third kappa shape index (κ3) is 11.3. The van der Waals surface area contributed by atoms with Gasteiger partial charge in [0.1, 0.15) is 104 Å². The van der Waals surface area contributed by atoms with E-state index in [2.05, 4.69) is 47.6 Å². The molecule has 494 valence electrons. The summed E-state index contributed by atoms with van der Waals surface area (Å²) in [5.74, 6) is -1.72. The predicted molar refractivity (Wildman–Crippen MR) is 290 cm³/mol. The Balaban J connectivity index is 0.925. The van der Waals surface area contributed by atoms with Gasteiger partial charge in [-0.2, -0.15) is 0 Å². The van der Waals surface area contributed by atoms with Crippen molar-refractivity contribution >= 4 is 5.97 Å². The zero-order chi connectivity index (χ0) is 62.9. The molecular weight excluding hydrogens is 1140 g/mol. The second-order valence-electron chi connectivity index (χ2n) is 28.9. The maximum atomic E-state index is 12.7. The van der Waals surface area contributed by atoms with E-state index in [0.29, 0.717) is 25.7 Å². The van der Waals surface area contributed by atoms with Crippen molar-refractivity contribution < 1.29 is 134 Å². The molecule has 16 N–H and O–H groups in total. The number of carbonyl (C=O) groups is 1. The van der Waals surface area contributed by atoms with E-state index >= 15 is 0 Å². The normalized spacial score (nSPS) is 55.7. The van der Waals surface area contributed by atoms with Crippen LogP contribution in [0.3, 0.4) is 0 Å². The first-order valence-electron chi connectivity index (χ1n) is 30.7. The predicted octanol–water partition coefficient (Wildman–Crippen LogP) is -3.01. The molecule has 10 rings (SSSR count). The molecule has 34 atom stereocenters. The molecule has 0 aromatic rings. The molecule has 27 nitrogen and oxygen atoms in total. The molecule has 0 bridgehead atoms. The summed E-state index contributed by atoms with van der Waals surface area (Å²) in [6, 6.07) is 0. The molecule has 86 heavy (non-hydrogen) atoms. The van der Waals surface area contributed by atoms with Gasteiger partial charge in [-0.3, -0.25) is 0 Å². The fourth-order valence-corrected chi connectivity index (χ4v) is 17.9. The smallest absolute Gasteiger partial charge is 0.335 e. The van der Waals surface area contributed by atoms with Crippen molar-refractivity contribution in [3.05, 3.63) is 11.6 Å². The number of carboxylic acid groups (broad SMARTS) is 1. The molecule has 10 aliphatic rings. The second-order valence-corrected chi connectivity index (χ2v) is 28.9. The Morgan fingerprint density at radius 1 is 0.547 bits per heavy atom. The Bertz CT molecular complexity index is 2400. The van der Waals surface area contributed by atoms with E-state index in [4.69, 9.17) is 47.4 Å². The number of aliphatic hydroxyl groups is 15. The van der Waals surface area contributed by atoms with Crippen LogP contribution in [0.15, 0.2) is 11.6 Å². The molecule has 5 aliphatic carbocycles. The lowest BCUT2D eigenvalue weighted by molar-refractivity contribution is -0.394. The highest BCUT2D eigenvalue weighted by Gasteiger charge is 2.70. The van der Waals surface area contributed by atoms with Crippen LogP contribution in [-0.4, -0.2) is 274 Å². The standard InChI is InChI=1S/C59H96O27/c1-23-33(64)37(68)42(73)49(78-23)85-46-39(70)36(67)29(20-61)81-53(46)86-47-41(72)40(71)44(48(75)76)83-52(47)79-24-15-55(4,22-62)30-11-12-59(8)31(57(30,6)16-24)10-9-25-26-17-54(2,3)18-32(56(26,5)13-14-58(25,59)7)82-51-45(34(65)27(63)21-77-51)84-50-43(74)38(69)35(66)28(19-60)80-50/h9,23-24,26-47,49-53,60-74H,10-22H2,1-8H3,(H,75,76)/t23-,24+,26+,27-,28+,29+,30+,31+,32+,33-,34-,35+,36-,37+,38-,39-,40-,41-,42+,43+,44-,45+,46+,47+,49-,50-,51-,52+,53-,55+,56+,57+,58+,59+/m0/s1. The molecular formula is C59H96O27. The van der Waals surface area contributed by atoms with Gasteiger partial charge in [0.2, 0.25) is 0 Å². The Morgan fingerprint density at radius 3 is 1.72 bits per heavy atom. The molecule has 0 spiro atoms. The fourth-order valence-electron chi connectivity index (χ4n) is 17.9. The summed E-state index contributed by atoms with van der Waals surface area (Å²) in [5.41, 5.74) is -1.60. The van der Waals surface area contributed by atoms with Crippen LogP contribution in [0.4, 0.5) is 0 Å². The summed E-state index contributed by atoms with van der Waals surface area (Å²) >= 11 is 0. The minimum atomic E-state index is -2.13. The zero-order valence-electron chi connectivity index (χ0n) is 50.2. The first-order chi connectivity index (χ1) is 40.2. The van der Waals surface area contributed by atoms with Gasteiger partial charge in [0.15, 0.2) is 37.6 Å². The second kappa shape index (κ2) is 24.6. The van der Waals surface area contributed by atoms with E-state index in [1.54, 1.807) is 0 Å². The van der Waals surface area contributed by atoms with Crippen LogP contribution in [0, 0.1) is 50.2 Å². The summed E-state index contributed by atoms with van der Waals surface area (Å²) < 4.78 is 61.5. The molecule has 0 aromatic heterocycles. The molecule has 0 aromatic carbocycles. The molecule has 27 heteroatoms. The van der Waals surface area contributed by atoms with Gasteiger partial charge in [-0.25, -0.2) is 4.79 Å². The molecule has 5 saturated heterocycles. The van der Waals surface area contributed by atoms with Gasteiger partial charge in [0, 0.05) is 12.0 Å². The van der Waals surface area contributed by atoms with Gasteiger partial charge in [-0.05, 0) is 110 Å². The van der Waals surface area contributed by atoms with Gasteiger partial charge < -0.3 is 129 Å². The van der Waals surface area contributed by atoms with Crippen LogP contribution in [0.1, 0.15) is 113 Å². The Labute approximate surface area is 499 Å². The highest BCUT2D eigenvalue weighted by Crippen LogP contribution is 2.76. The van der Waals surface area contributed by atoms with E-state index in [-0.39, 0.29) is 53.6 Å². The van der Waals surface area contributed by atoms with E-state index in [0.717, 1.165) is 25.7 Å². The van der Waals surface area contributed by atoms with Crippen molar-refractivity contribution in [3.63, 3.8) is 0 Å². The lowest BCUT2D eigenvalue weighted by atomic mass is 9.33. The minimum absolute atomic E-state index is 0.0183. The van der Waals surface area contributed by atoms with Gasteiger partial charge in [-0.1, -0.05) is 60.1 Å².